The minimum absolute atomic E-state index is 0.00362. The lowest BCUT2D eigenvalue weighted by Gasteiger charge is -2.32. The lowest BCUT2D eigenvalue weighted by Crippen LogP contribution is -2.51. The molecular formula is C26H40N2O10. The van der Waals surface area contributed by atoms with Crippen LogP contribution in [0, 0.1) is 0 Å². The van der Waals surface area contributed by atoms with Crippen molar-refractivity contribution < 1.29 is 47.6 Å². The molecule has 0 heterocycles. The molecule has 0 saturated carbocycles. The van der Waals surface area contributed by atoms with Crippen molar-refractivity contribution in [1.82, 2.24) is 9.80 Å². The highest BCUT2D eigenvalue weighted by Gasteiger charge is 2.38. The Bertz CT molecular complexity index is 898. The molecule has 214 valence electrons. The second-order valence-electron chi connectivity index (χ2n) is 8.98. The van der Waals surface area contributed by atoms with Crippen molar-refractivity contribution >= 4 is 24.1 Å². The molecular weight excluding hydrogens is 500 g/mol. The SMILES string of the molecule is CCOC(=O)[C@H](CC(=O)N(Cc1ccc(OC)cc1)C(=O)OCC)N(COCCOC)C(=O)OC(C)(C)C. The van der Waals surface area contributed by atoms with Crippen LogP contribution in [0.2, 0.25) is 0 Å². The number of methoxy groups -OCH3 is 2. The Morgan fingerprint density at radius 2 is 1.53 bits per heavy atom. The van der Waals surface area contributed by atoms with E-state index in [1.807, 2.05) is 0 Å². The summed E-state index contributed by atoms with van der Waals surface area (Å²) >= 11 is 0. The van der Waals surface area contributed by atoms with E-state index in [1.54, 1.807) is 58.9 Å². The number of benzene rings is 1. The Labute approximate surface area is 224 Å². The van der Waals surface area contributed by atoms with E-state index in [1.165, 1.54) is 14.2 Å². The monoisotopic (exact) mass is 540 g/mol. The molecule has 1 aromatic carbocycles. The summed E-state index contributed by atoms with van der Waals surface area (Å²) in [6.07, 6.45) is -2.37. The van der Waals surface area contributed by atoms with Crippen LogP contribution in [-0.4, -0.2) is 92.9 Å². The average molecular weight is 541 g/mol. The smallest absolute Gasteiger partial charge is 0.416 e. The van der Waals surface area contributed by atoms with Gasteiger partial charge in [-0.2, -0.15) is 0 Å². The highest BCUT2D eigenvalue weighted by molar-refractivity contribution is 5.95. The van der Waals surface area contributed by atoms with Crippen molar-refractivity contribution in [3.8, 4) is 5.75 Å². The number of amides is 3. The molecule has 0 aromatic heterocycles. The van der Waals surface area contributed by atoms with Crippen LogP contribution in [0.5, 0.6) is 5.75 Å². The number of imide groups is 1. The minimum atomic E-state index is -1.44. The second kappa shape index (κ2) is 16.5. The molecule has 0 fully saturated rings. The third kappa shape index (κ3) is 11.3. The molecule has 0 aliphatic heterocycles. The van der Waals surface area contributed by atoms with Gasteiger partial charge in [-0.3, -0.25) is 9.69 Å². The largest absolute Gasteiger partial charge is 0.497 e. The van der Waals surface area contributed by atoms with Crippen molar-refractivity contribution in [2.75, 3.05) is 47.4 Å². The summed E-state index contributed by atoms with van der Waals surface area (Å²) in [5, 5.41) is 0. The van der Waals surface area contributed by atoms with Crippen LogP contribution in [0.1, 0.15) is 46.6 Å². The number of carbonyl (C=O) groups is 4. The first-order valence-electron chi connectivity index (χ1n) is 12.3. The van der Waals surface area contributed by atoms with Gasteiger partial charge in [0.25, 0.3) is 0 Å². The van der Waals surface area contributed by atoms with Gasteiger partial charge in [0, 0.05) is 7.11 Å². The molecule has 1 atom stereocenters. The number of hydrogen-bond acceptors (Lipinski definition) is 10. The molecule has 38 heavy (non-hydrogen) atoms. The molecule has 0 spiro atoms. The summed E-state index contributed by atoms with van der Waals surface area (Å²) in [6, 6.07) is 5.32. The summed E-state index contributed by atoms with van der Waals surface area (Å²) in [5.74, 6) is -1.01. The molecule has 0 unspecified atom stereocenters. The lowest BCUT2D eigenvalue weighted by molar-refractivity contribution is -0.155. The lowest BCUT2D eigenvalue weighted by atomic mass is 10.1. The zero-order chi connectivity index (χ0) is 28.7. The van der Waals surface area contributed by atoms with Crippen LogP contribution < -0.4 is 4.74 Å². The number of ether oxygens (including phenoxy) is 6. The first-order chi connectivity index (χ1) is 18.0. The topological polar surface area (TPSA) is 130 Å². The van der Waals surface area contributed by atoms with E-state index >= 15 is 0 Å². The van der Waals surface area contributed by atoms with Gasteiger partial charge in [-0.1, -0.05) is 12.1 Å². The van der Waals surface area contributed by atoms with Gasteiger partial charge in [-0.15, -0.1) is 0 Å². The predicted octanol–water partition coefficient (Wildman–Crippen LogP) is 3.36. The molecule has 0 aliphatic rings. The molecule has 12 nitrogen and oxygen atoms in total. The quantitative estimate of drug-likeness (QED) is 0.150. The highest BCUT2D eigenvalue weighted by Crippen LogP contribution is 2.19. The Balaban J connectivity index is 3.31. The van der Waals surface area contributed by atoms with E-state index in [2.05, 4.69) is 0 Å². The van der Waals surface area contributed by atoms with E-state index in [-0.39, 0.29) is 39.7 Å². The fourth-order valence-electron chi connectivity index (χ4n) is 3.10. The first kappa shape index (κ1) is 32.6. The second-order valence-corrected chi connectivity index (χ2v) is 8.98. The predicted molar refractivity (Wildman–Crippen MR) is 136 cm³/mol. The molecule has 3 amide bonds. The van der Waals surface area contributed by atoms with Crippen LogP contribution in [0.4, 0.5) is 9.59 Å². The zero-order valence-corrected chi connectivity index (χ0v) is 23.3. The number of carbonyl (C=O) groups excluding carboxylic acids is 4. The van der Waals surface area contributed by atoms with Gasteiger partial charge in [-0.25, -0.2) is 19.3 Å². The van der Waals surface area contributed by atoms with Crippen LogP contribution >= 0.6 is 0 Å². The Morgan fingerprint density at radius 3 is 2.05 bits per heavy atom. The molecule has 0 bridgehead atoms. The summed E-state index contributed by atoms with van der Waals surface area (Å²) in [5.41, 5.74) is -0.275. The Kier molecular flexibility index (Phi) is 14.1. The maximum absolute atomic E-state index is 13.4. The van der Waals surface area contributed by atoms with E-state index < -0.39 is 42.1 Å². The molecule has 1 aromatic rings. The van der Waals surface area contributed by atoms with Gasteiger partial charge in [-0.05, 0) is 52.3 Å². The molecule has 0 N–H and O–H groups in total. The summed E-state index contributed by atoms with van der Waals surface area (Å²) < 4.78 is 31.3. The first-order valence-corrected chi connectivity index (χ1v) is 12.3. The van der Waals surface area contributed by atoms with Crippen molar-refractivity contribution in [2.24, 2.45) is 0 Å². The maximum atomic E-state index is 13.4. The van der Waals surface area contributed by atoms with Gasteiger partial charge in [0.1, 0.15) is 24.1 Å². The van der Waals surface area contributed by atoms with Crippen molar-refractivity contribution in [3.63, 3.8) is 0 Å². The molecule has 0 radical (unpaired) electrons. The number of nitrogens with zero attached hydrogens (tertiary/aromatic N) is 2. The van der Waals surface area contributed by atoms with Crippen molar-refractivity contribution in [1.29, 1.82) is 0 Å². The fourth-order valence-corrected chi connectivity index (χ4v) is 3.10. The number of hydrogen-bond donors (Lipinski definition) is 0. The van der Waals surface area contributed by atoms with Crippen molar-refractivity contribution in [2.45, 2.75) is 59.2 Å². The molecule has 12 heteroatoms. The van der Waals surface area contributed by atoms with E-state index in [0.717, 1.165) is 9.80 Å². The van der Waals surface area contributed by atoms with Crippen LogP contribution in [0.25, 0.3) is 0 Å². The fraction of sp³-hybridized carbons (Fsp3) is 0.615. The minimum Gasteiger partial charge on any atom is -0.497 e. The third-order valence-electron chi connectivity index (χ3n) is 4.88. The van der Waals surface area contributed by atoms with Gasteiger partial charge in [0.2, 0.25) is 5.91 Å². The molecule has 1 rings (SSSR count). The normalized spacial score (nSPS) is 11.8. The van der Waals surface area contributed by atoms with Crippen molar-refractivity contribution in [3.05, 3.63) is 29.8 Å². The van der Waals surface area contributed by atoms with Gasteiger partial charge < -0.3 is 28.4 Å². The molecule has 0 aliphatic carbocycles. The highest BCUT2D eigenvalue weighted by atomic mass is 16.6. The number of esters is 1. The van der Waals surface area contributed by atoms with Crippen LogP contribution in [0.3, 0.4) is 0 Å². The summed E-state index contributed by atoms with van der Waals surface area (Å²) in [7, 11) is 3.01. The van der Waals surface area contributed by atoms with Gasteiger partial charge >= 0.3 is 18.2 Å². The molecule has 0 saturated heterocycles. The Hall–Kier alpha value is -3.38. The third-order valence-corrected chi connectivity index (χ3v) is 4.88. The Morgan fingerprint density at radius 1 is 0.895 bits per heavy atom. The average Bonchev–Trinajstić information content (AvgIpc) is 2.85. The van der Waals surface area contributed by atoms with Crippen LogP contribution in [0.15, 0.2) is 24.3 Å². The van der Waals surface area contributed by atoms with Crippen LogP contribution in [-0.2, 0) is 39.8 Å². The van der Waals surface area contributed by atoms with E-state index in [9.17, 15) is 19.2 Å². The summed E-state index contributed by atoms with van der Waals surface area (Å²) in [6.45, 7) is 8.07. The van der Waals surface area contributed by atoms with Gasteiger partial charge in [0.05, 0.1) is 46.5 Å². The summed E-state index contributed by atoms with van der Waals surface area (Å²) in [4.78, 5) is 54.0. The van der Waals surface area contributed by atoms with E-state index in [4.69, 9.17) is 28.4 Å². The zero-order valence-electron chi connectivity index (χ0n) is 23.3. The standard InChI is InChI=1S/C26H40N2O10/c1-8-36-23(30)21(28(18-35-15-14-33-6)25(32)38-26(3,4)5)16-22(29)27(24(31)37-9-2)17-19-10-12-20(34-7)13-11-19/h10-13,21H,8-9,14-18H2,1-7H3/t21-/m0/s1. The van der Waals surface area contributed by atoms with E-state index in [0.29, 0.717) is 11.3 Å². The maximum Gasteiger partial charge on any atom is 0.416 e. The van der Waals surface area contributed by atoms with Gasteiger partial charge in [0.15, 0.2) is 0 Å². The number of rotatable bonds is 14.